The summed E-state index contributed by atoms with van der Waals surface area (Å²) in [6.07, 6.45) is 0.549. The smallest absolute Gasteiger partial charge is 0.324 e. The molecule has 0 aliphatic heterocycles. The van der Waals surface area contributed by atoms with Gasteiger partial charge in [0.1, 0.15) is 17.9 Å². The molecule has 0 bridgehead atoms. The van der Waals surface area contributed by atoms with Gasteiger partial charge in [-0.05, 0) is 42.2 Å². The molecule has 0 radical (unpaired) electrons. The molecule has 146 valence electrons. The first kappa shape index (κ1) is 20.8. The molecule has 0 fully saturated rings. The van der Waals surface area contributed by atoms with Crippen LogP contribution in [-0.2, 0) is 11.4 Å². The van der Waals surface area contributed by atoms with E-state index in [1.165, 1.54) is 0 Å². The average molecular weight is 370 g/mol. The molecule has 1 atom stereocenters. The van der Waals surface area contributed by atoms with Gasteiger partial charge in [0.15, 0.2) is 0 Å². The highest BCUT2D eigenvalue weighted by atomic mass is 16.5. The highest BCUT2D eigenvalue weighted by Gasteiger charge is 2.39. The number of carboxylic acid groups (broad SMARTS) is 1. The van der Waals surface area contributed by atoms with Gasteiger partial charge in [-0.25, -0.2) is 0 Å². The Morgan fingerprint density at radius 1 is 1.07 bits per heavy atom. The van der Waals surface area contributed by atoms with Crippen LogP contribution in [0.3, 0.4) is 0 Å². The van der Waals surface area contributed by atoms with Crippen molar-refractivity contribution in [2.24, 2.45) is 5.92 Å². The third-order valence-corrected chi connectivity index (χ3v) is 4.92. The zero-order chi connectivity index (χ0) is 19.7. The third kappa shape index (κ3) is 5.73. The Balaban J connectivity index is 1.79. The van der Waals surface area contributed by atoms with Crippen LogP contribution in [0.15, 0.2) is 54.6 Å². The molecule has 0 saturated carbocycles. The predicted octanol–water partition coefficient (Wildman–Crippen LogP) is 4.16. The van der Waals surface area contributed by atoms with Gasteiger partial charge in [0.2, 0.25) is 0 Å². The second-order valence-electron chi connectivity index (χ2n) is 6.94. The van der Waals surface area contributed by atoms with E-state index in [-0.39, 0.29) is 5.92 Å². The zero-order valence-corrected chi connectivity index (χ0v) is 16.4. The first-order valence-electron chi connectivity index (χ1n) is 9.47. The fourth-order valence-electron chi connectivity index (χ4n) is 3.11. The van der Waals surface area contributed by atoms with E-state index in [4.69, 9.17) is 4.74 Å². The van der Waals surface area contributed by atoms with E-state index in [1.807, 2.05) is 75.4 Å². The van der Waals surface area contributed by atoms with E-state index >= 15 is 0 Å². The van der Waals surface area contributed by atoms with E-state index in [0.29, 0.717) is 26.1 Å². The van der Waals surface area contributed by atoms with Gasteiger partial charge in [0, 0.05) is 18.8 Å². The second-order valence-corrected chi connectivity index (χ2v) is 6.94. The van der Waals surface area contributed by atoms with Crippen molar-refractivity contribution in [1.29, 1.82) is 0 Å². The number of rotatable bonds is 11. The van der Waals surface area contributed by atoms with Crippen molar-refractivity contribution in [3.8, 4) is 5.75 Å². The highest BCUT2D eigenvalue weighted by Crippen LogP contribution is 2.21. The first-order valence-corrected chi connectivity index (χ1v) is 9.47. The summed E-state index contributed by atoms with van der Waals surface area (Å²) >= 11 is 0. The summed E-state index contributed by atoms with van der Waals surface area (Å²) in [7, 11) is 0. The van der Waals surface area contributed by atoms with Gasteiger partial charge in [-0.15, -0.1) is 0 Å². The maximum Gasteiger partial charge on any atom is 0.324 e. The summed E-state index contributed by atoms with van der Waals surface area (Å²) in [5.41, 5.74) is 1.23. The molecule has 5 nitrogen and oxygen atoms in total. The van der Waals surface area contributed by atoms with Crippen molar-refractivity contribution in [1.82, 2.24) is 5.32 Å². The van der Waals surface area contributed by atoms with Crippen LogP contribution in [0.25, 0.3) is 0 Å². The SMILES string of the molecule is CCC(NCCNc1ccc(OCc2ccccc2)cc1)(C(=O)O)C(C)C. The fraction of sp³-hybridized carbons (Fsp3) is 0.409. The molecule has 2 aromatic rings. The van der Waals surface area contributed by atoms with Crippen LogP contribution in [0, 0.1) is 5.92 Å². The summed E-state index contributed by atoms with van der Waals surface area (Å²) in [4.78, 5) is 11.7. The minimum atomic E-state index is -0.878. The molecule has 27 heavy (non-hydrogen) atoms. The molecule has 0 aromatic heterocycles. The summed E-state index contributed by atoms with van der Waals surface area (Å²) in [6, 6.07) is 17.8. The first-order chi connectivity index (χ1) is 13.0. The number of benzene rings is 2. The molecule has 3 N–H and O–H groups in total. The van der Waals surface area contributed by atoms with E-state index in [2.05, 4.69) is 10.6 Å². The lowest BCUT2D eigenvalue weighted by molar-refractivity contribution is -0.147. The molecular weight excluding hydrogens is 340 g/mol. The Hall–Kier alpha value is -2.53. The lowest BCUT2D eigenvalue weighted by atomic mass is 9.84. The van der Waals surface area contributed by atoms with Crippen LogP contribution in [0.4, 0.5) is 5.69 Å². The fourth-order valence-corrected chi connectivity index (χ4v) is 3.11. The van der Waals surface area contributed by atoms with E-state index in [0.717, 1.165) is 17.0 Å². The number of carbonyl (C=O) groups is 1. The molecule has 2 aromatic carbocycles. The van der Waals surface area contributed by atoms with Crippen molar-refractivity contribution in [3.05, 3.63) is 60.2 Å². The van der Waals surface area contributed by atoms with Crippen LogP contribution in [0.5, 0.6) is 5.75 Å². The number of hydrogen-bond donors (Lipinski definition) is 3. The van der Waals surface area contributed by atoms with Crippen molar-refractivity contribution in [3.63, 3.8) is 0 Å². The minimum absolute atomic E-state index is 0.0149. The topological polar surface area (TPSA) is 70.6 Å². The van der Waals surface area contributed by atoms with Crippen molar-refractivity contribution in [2.45, 2.75) is 39.3 Å². The summed E-state index contributed by atoms with van der Waals surface area (Å²) in [5.74, 6) is 0.0409. The maximum atomic E-state index is 11.7. The van der Waals surface area contributed by atoms with Gasteiger partial charge in [-0.3, -0.25) is 10.1 Å². The normalized spacial score (nSPS) is 13.2. The minimum Gasteiger partial charge on any atom is -0.489 e. The molecule has 0 heterocycles. The van der Waals surface area contributed by atoms with Crippen molar-refractivity contribution < 1.29 is 14.6 Å². The monoisotopic (exact) mass is 370 g/mol. The van der Waals surface area contributed by atoms with Gasteiger partial charge < -0.3 is 15.2 Å². The van der Waals surface area contributed by atoms with Gasteiger partial charge in [0.25, 0.3) is 0 Å². The molecule has 0 spiro atoms. The van der Waals surface area contributed by atoms with Crippen molar-refractivity contribution >= 4 is 11.7 Å². The van der Waals surface area contributed by atoms with E-state index < -0.39 is 11.5 Å². The number of anilines is 1. The number of hydrogen-bond acceptors (Lipinski definition) is 4. The summed E-state index contributed by atoms with van der Waals surface area (Å²) in [6.45, 7) is 7.54. The van der Waals surface area contributed by atoms with Crippen LogP contribution >= 0.6 is 0 Å². The van der Waals surface area contributed by atoms with Crippen LogP contribution in [0.1, 0.15) is 32.8 Å². The lowest BCUT2D eigenvalue weighted by Crippen LogP contribution is -2.56. The molecular formula is C22H30N2O3. The largest absolute Gasteiger partial charge is 0.489 e. The molecule has 5 heteroatoms. The molecule has 0 amide bonds. The third-order valence-electron chi connectivity index (χ3n) is 4.92. The molecule has 0 saturated heterocycles. The van der Waals surface area contributed by atoms with E-state index in [9.17, 15) is 9.90 Å². The maximum absolute atomic E-state index is 11.7. The number of aliphatic carboxylic acids is 1. The van der Waals surface area contributed by atoms with E-state index in [1.54, 1.807) is 0 Å². The van der Waals surface area contributed by atoms with Gasteiger partial charge in [-0.2, -0.15) is 0 Å². The Morgan fingerprint density at radius 2 is 1.74 bits per heavy atom. The standard InChI is InChI=1S/C22H30N2O3/c1-4-22(17(2)3,21(25)26)24-15-14-23-19-10-12-20(13-11-19)27-16-18-8-6-5-7-9-18/h5-13,17,23-24H,4,14-16H2,1-3H3,(H,25,26). The number of carboxylic acids is 1. The molecule has 1 unspecified atom stereocenters. The Morgan fingerprint density at radius 3 is 2.30 bits per heavy atom. The van der Waals surface area contributed by atoms with Crippen LogP contribution in [-0.4, -0.2) is 29.7 Å². The molecule has 0 aliphatic rings. The molecule has 0 aliphatic carbocycles. The van der Waals surface area contributed by atoms with Crippen LogP contribution < -0.4 is 15.4 Å². The summed E-state index contributed by atoms with van der Waals surface area (Å²) < 4.78 is 5.78. The van der Waals surface area contributed by atoms with Crippen LogP contribution in [0.2, 0.25) is 0 Å². The van der Waals surface area contributed by atoms with Crippen molar-refractivity contribution in [2.75, 3.05) is 18.4 Å². The quantitative estimate of drug-likeness (QED) is 0.518. The number of ether oxygens (including phenoxy) is 1. The molecule has 2 rings (SSSR count). The predicted molar refractivity (Wildman–Crippen MR) is 109 cm³/mol. The number of nitrogens with one attached hydrogen (secondary N) is 2. The zero-order valence-electron chi connectivity index (χ0n) is 16.4. The van der Waals surface area contributed by atoms with Gasteiger partial charge in [0.05, 0.1) is 0 Å². The Bertz CT molecular complexity index is 701. The summed E-state index contributed by atoms with van der Waals surface area (Å²) in [5, 5.41) is 16.1. The Labute approximate surface area is 161 Å². The average Bonchev–Trinajstić information content (AvgIpc) is 2.68. The Kier molecular flexibility index (Phi) is 7.67. The van der Waals surface area contributed by atoms with Gasteiger partial charge in [-0.1, -0.05) is 51.1 Å². The highest BCUT2D eigenvalue weighted by molar-refractivity contribution is 5.79. The van der Waals surface area contributed by atoms with Gasteiger partial charge >= 0.3 is 5.97 Å². The second kappa shape index (κ2) is 9.97. The lowest BCUT2D eigenvalue weighted by Gasteiger charge is -2.33.